The van der Waals surface area contributed by atoms with Gasteiger partial charge in [-0.1, -0.05) is 24.1 Å². The van der Waals surface area contributed by atoms with Crippen LogP contribution in [0.1, 0.15) is 19.3 Å². The van der Waals surface area contributed by atoms with Crippen molar-refractivity contribution in [3.63, 3.8) is 0 Å². The summed E-state index contributed by atoms with van der Waals surface area (Å²) in [6.07, 6.45) is 3.43. The molecule has 1 unspecified atom stereocenters. The molecule has 1 atom stereocenters. The van der Waals surface area contributed by atoms with Crippen LogP contribution in [0, 0.1) is 0 Å². The second-order valence-corrected chi connectivity index (χ2v) is 5.35. The van der Waals surface area contributed by atoms with Crippen molar-refractivity contribution in [3.05, 3.63) is 29.3 Å². The van der Waals surface area contributed by atoms with E-state index in [9.17, 15) is 4.79 Å². The standard InChI is InChI=1S/C14H20ClN3O.ClH/c15-11-4-3-5-12(8-11)17-14(19)10-18-7-2-1-6-13(18)9-16;/h3-5,8,13H,1-2,6-7,9-10,16H2,(H,17,19);1H. The Bertz CT molecular complexity index is 442. The van der Waals surface area contributed by atoms with Gasteiger partial charge >= 0.3 is 0 Å². The molecule has 1 aromatic rings. The molecule has 3 N–H and O–H groups in total. The van der Waals surface area contributed by atoms with Crippen LogP contribution in [0.3, 0.4) is 0 Å². The first kappa shape index (κ1) is 17.2. The van der Waals surface area contributed by atoms with Gasteiger partial charge in [0, 0.05) is 23.3 Å². The fraction of sp³-hybridized carbons (Fsp3) is 0.500. The molecule has 6 heteroatoms. The van der Waals surface area contributed by atoms with Crippen LogP contribution in [0.15, 0.2) is 24.3 Å². The predicted molar refractivity (Wildman–Crippen MR) is 85.6 cm³/mol. The third-order valence-electron chi connectivity index (χ3n) is 3.48. The Morgan fingerprint density at radius 3 is 2.95 bits per heavy atom. The summed E-state index contributed by atoms with van der Waals surface area (Å²) in [5.74, 6) is -0.0115. The summed E-state index contributed by atoms with van der Waals surface area (Å²) in [6, 6.07) is 7.52. The maximum atomic E-state index is 12.0. The summed E-state index contributed by atoms with van der Waals surface area (Å²) in [4.78, 5) is 14.2. The molecule has 2 rings (SSSR count). The Morgan fingerprint density at radius 2 is 2.25 bits per heavy atom. The zero-order chi connectivity index (χ0) is 13.7. The summed E-state index contributed by atoms with van der Waals surface area (Å²) in [5, 5.41) is 3.49. The molecular formula is C14H21Cl2N3O. The zero-order valence-electron chi connectivity index (χ0n) is 11.3. The number of anilines is 1. The van der Waals surface area contributed by atoms with Crippen LogP contribution in [0.2, 0.25) is 5.02 Å². The van der Waals surface area contributed by atoms with E-state index in [0.29, 0.717) is 24.2 Å². The Balaban J connectivity index is 0.00000200. The molecule has 1 heterocycles. The minimum atomic E-state index is -0.0115. The quantitative estimate of drug-likeness (QED) is 0.897. The smallest absolute Gasteiger partial charge is 0.238 e. The third-order valence-corrected chi connectivity index (χ3v) is 3.71. The van der Waals surface area contributed by atoms with Crippen LogP contribution in [-0.4, -0.2) is 36.5 Å². The topological polar surface area (TPSA) is 58.4 Å². The number of likely N-dealkylation sites (tertiary alicyclic amines) is 1. The average molecular weight is 318 g/mol. The lowest BCUT2D eigenvalue weighted by Crippen LogP contribution is -2.47. The van der Waals surface area contributed by atoms with E-state index in [1.807, 2.05) is 12.1 Å². The van der Waals surface area contributed by atoms with E-state index >= 15 is 0 Å². The summed E-state index contributed by atoms with van der Waals surface area (Å²) in [6.45, 7) is 1.96. The minimum Gasteiger partial charge on any atom is -0.329 e. The number of nitrogens with zero attached hydrogens (tertiary/aromatic N) is 1. The molecule has 112 valence electrons. The van der Waals surface area contributed by atoms with Crippen molar-refractivity contribution in [2.45, 2.75) is 25.3 Å². The maximum absolute atomic E-state index is 12.0. The number of nitrogens with two attached hydrogens (primary N) is 1. The molecular weight excluding hydrogens is 297 g/mol. The first-order valence-electron chi connectivity index (χ1n) is 6.68. The number of nitrogens with one attached hydrogen (secondary N) is 1. The van der Waals surface area contributed by atoms with Crippen molar-refractivity contribution in [2.24, 2.45) is 5.73 Å². The molecule has 1 aromatic carbocycles. The first-order valence-corrected chi connectivity index (χ1v) is 7.06. The highest BCUT2D eigenvalue weighted by atomic mass is 35.5. The molecule has 0 aliphatic carbocycles. The van der Waals surface area contributed by atoms with E-state index in [1.165, 1.54) is 6.42 Å². The van der Waals surface area contributed by atoms with Gasteiger partial charge in [0.25, 0.3) is 0 Å². The normalized spacial score (nSPS) is 19.2. The van der Waals surface area contributed by atoms with Gasteiger partial charge in [-0.15, -0.1) is 12.4 Å². The molecule has 1 amide bonds. The molecule has 0 spiro atoms. The van der Waals surface area contributed by atoms with Gasteiger partial charge in [-0.2, -0.15) is 0 Å². The molecule has 1 saturated heterocycles. The van der Waals surface area contributed by atoms with E-state index in [1.54, 1.807) is 12.1 Å². The van der Waals surface area contributed by atoms with Gasteiger partial charge in [-0.25, -0.2) is 0 Å². The maximum Gasteiger partial charge on any atom is 0.238 e. The number of carbonyl (C=O) groups excluding carboxylic acids is 1. The minimum absolute atomic E-state index is 0. The van der Waals surface area contributed by atoms with Gasteiger partial charge in [-0.3, -0.25) is 9.69 Å². The number of hydrogen-bond donors (Lipinski definition) is 2. The van der Waals surface area contributed by atoms with Crippen molar-refractivity contribution in [1.29, 1.82) is 0 Å². The fourth-order valence-corrected chi connectivity index (χ4v) is 2.68. The van der Waals surface area contributed by atoms with Crippen LogP contribution in [0.5, 0.6) is 0 Å². The Hall–Kier alpha value is -0.810. The van der Waals surface area contributed by atoms with E-state index in [2.05, 4.69) is 10.2 Å². The lowest BCUT2D eigenvalue weighted by molar-refractivity contribution is -0.118. The number of amides is 1. The van der Waals surface area contributed by atoms with Gasteiger partial charge in [-0.05, 0) is 37.6 Å². The van der Waals surface area contributed by atoms with E-state index in [-0.39, 0.29) is 18.3 Å². The molecule has 4 nitrogen and oxygen atoms in total. The van der Waals surface area contributed by atoms with Gasteiger partial charge in [0.05, 0.1) is 6.54 Å². The molecule has 1 aliphatic heterocycles. The summed E-state index contributed by atoms with van der Waals surface area (Å²) in [5.41, 5.74) is 6.49. The zero-order valence-corrected chi connectivity index (χ0v) is 12.9. The number of piperidine rings is 1. The van der Waals surface area contributed by atoms with E-state index in [0.717, 1.165) is 25.1 Å². The van der Waals surface area contributed by atoms with E-state index < -0.39 is 0 Å². The van der Waals surface area contributed by atoms with Gasteiger partial charge in [0.1, 0.15) is 0 Å². The summed E-state index contributed by atoms with van der Waals surface area (Å²) in [7, 11) is 0. The highest BCUT2D eigenvalue weighted by Gasteiger charge is 2.22. The van der Waals surface area contributed by atoms with Crippen molar-refractivity contribution in [1.82, 2.24) is 4.90 Å². The van der Waals surface area contributed by atoms with Crippen LogP contribution in [-0.2, 0) is 4.79 Å². The monoisotopic (exact) mass is 317 g/mol. The summed E-state index contributed by atoms with van der Waals surface area (Å²) < 4.78 is 0. The molecule has 0 aromatic heterocycles. The number of hydrogen-bond acceptors (Lipinski definition) is 3. The van der Waals surface area contributed by atoms with Crippen LogP contribution in [0.4, 0.5) is 5.69 Å². The molecule has 0 saturated carbocycles. The Labute approximate surface area is 131 Å². The summed E-state index contributed by atoms with van der Waals surface area (Å²) >= 11 is 5.89. The van der Waals surface area contributed by atoms with Crippen LogP contribution < -0.4 is 11.1 Å². The number of rotatable bonds is 4. The highest BCUT2D eigenvalue weighted by Crippen LogP contribution is 2.17. The lowest BCUT2D eigenvalue weighted by atomic mass is 10.0. The predicted octanol–water partition coefficient (Wildman–Crippen LogP) is 2.51. The van der Waals surface area contributed by atoms with Crippen molar-refractivity contribution < 1.29 is 4.79 Å². The Kier molecular flexibility index (Phi) is 7.30. The number of carbonyl (C=O) groups is 1. The van der Waals surface area contributed by atoms with Crippen LogP contribution >= 0.6 is 24.0 Å². The SMILES string of the molecule is Cl.NCC1CCCCN1CC(=O)Nc1cccc(Cl)c1. The molecule has 0 bridgehead atoms. The molecule has 20 heavy (non-hydrogen) atoms. The molecule has 0 radical (unpaired) electrons. The fourth-order valence-electron chi connectivity index (χ4n) is 2.49. The number of halogens is 2. The second-order valence-electron chi connectivity index (χ2n) is 4.91. The van der Waals surface area contributed by atoms with Gasteiger partial charge < -0.3 is 11.1 Å². The largest absolute Gasteiger partial charge is 0.329 e. The van der Waals surface area contributed by atoms with Gasteiger partial charge in [0.2, 0.25) is 5.91 Å². The number of benzene rings is 1. The van der Waals surface area contributed by atoms with Crippen molar-refractivity contribution >= 4 is 35.6 Å². The highest BCUT2D eigenvalue weighted by molar-refractivity contribution is 6.30. The lowest BCUT2D eigenvalue weighted by Gasteiger charge is -2.34. The Morgan fingerprint density at radius 1 is 1.45 bits per heavy atom. The average Bonchev–Trinajstić information content (AvgIpc) is 2.39. The third kappa shape index (κ3) is 4.94. The van der Waals surface area contributed by atoms with Crippen LogP contribution in [0.25, 0.3) is 0 Å². The molecule has 1 fully saturated rings. The van der Waals surface area contributed by atoms with Crippen molar-refractivity contribution in [3.8, 4) is 0 Å². The van der Waals surface area contributed by atoms with Gasteiger partial charge in [0.15, 0.2) is 0 Å². The van der Waals surface area contributed by atoms with Crippen molar-refractivity contribution in [2.75, 3.05) is 25.0 Å². The first-order chi connectivity index (χ1) is 9.19. The van der Waals surface area contributed by atoms with E-state index in [4.69, 9.17) is 17.3 Å². The molecule has 1 aliphatic rings. The second kappa shape index (κ2) is 8.47.